The lowest BCUT2D eigenvalue weighted by molar-refractivity contribution is 0.108. The Hall–Kier alpha value is -0.410. The second-order valence-electron chi connectivity index (χ2n) is 5.19. The van der Waals surface area contributed by atoms with Crippen LogP contribution in [-0.2, 0) is 6.42 Å². The van der Waals surface area contributed by atoms with Crippen molar-refractivity contribution in [1.82, 2.24) is 0 Å². The second-order valence-corrected chi connectivity index (χ2v) is 6.10. The molecule has 94 valence electrons. The van der Waals surface area contributed by atoms with Crippen LogP contribution in [0.1, 0.15) is 31.7 Å². The first kappa shape index (κ1) is 13.0. The molecule has 2 rings (SSSR count). The molecule has 0 saturated heterocycles. The minimum atomic E-state index is -0.407. The monoisotopic (exact) mass is 300 g/mol. The normalized spacial score (nSPS) is 26.1. The van der Waals surface area contributed by atoms with E-state index >= 15 is 0 Å². The molecule has 0 bridgehead atoms. The van der Waals surface area contributed by atoms with Crippen molar-refractivity contribution in [2.75, 3.05) is 0 Å². The van der Waals surface area contributed by atoms with Gasteiger partial charge in [-0.05, 0) is 42.4 Å². The van der Waals surface area contributed by atoms with Crippen molar-refractivity contribution in [2.24, 2.45) is 11.8 Å². The second kappa shape index (κ2) is 5.49. The van der Waals surface area contributed by atoms with E-state index in [4.69, 9.17) is 0 Å². The van der Waals surface area contributed by atoms with E-state index in [1.807, 2.05) is 6.07 Å². The highest BCUT2D eigenvalue weighted by atomic mass is 79.9. The maximum atomic E-state index is 13.6. The lowest BCUT2D eigenvalue weighted by atomic mass is 9.94. The first-order valence-corrected chi connectivity index (χ1v) is 6.97. The van der Waals surface area contributed by atoms with Crippen LogP contribution < -0.4 is 0 Å². The first-order chi connectivity index (χ1) is 8.06. The summed E-state index contributed by atoms with van der Waals surface area (Å²) >= 11 is 3.23. The van der Waals surface area contributed by atoms with Gasteiger partial charge in [-0.2, -0.15) is 0 Å². The van der Waals surface area contributed by atoms with Crippen molar-refractivity contribution in [3.05, 3.63) is 34.1 Å². The molecule has 0 radical (unpaired) electrons. The molecule has 1 N–H and O–H groups in total. The van der Waals surface area contributed by atoms with E-state index in [-0.39, 0.29) is 5.82 Å². The van der Waals surface area contributed by atoms with Gasteiger partial charge in [0.15, 0.2) is 0 Å². The summed E-state index contributed by atoms with van der Waals surface area (Å²) in [5.74, 6) is 0.807. The highest BCUT2D eigenvalue weighted by Gasteiger charge is 2.27. The van der Waals surface area contributed by atoms with Crippen molar-refractivity contribution < 1.29 is 9.50 Å². The maximum absolute atomic E-state index is 13.6. The molecule has 1 aromatic carbocycles. The molecule has 0 aliphatic heterocycles. The largest absolute Gasteiger partial charge is 0.392 e. The first-order valence-electron chi connectivity index (χ1n) is 6.18. The number of halogens is 2. The summed E-state index contributed by atoms with van der Waals surface area (Å²) in [6.07, 6.45) is 3.34. The molecule has 3 unspecified atom stereocenters. The average molecular weight is 301 g/mol. The summed E-state index contributed by atoms with van der Waals surface area (Å²) in [4.78, 5) is 0. The fourth-order valence-corrected chi connectivity index (χ4v) is 3.01. The minimum absolute atomic E-state index is 0.232. The van der Waals surface area contributed by atoms with Crippen LogP contribution in [0, 0.1) is 17.7 Å². The summed E-state index contributed by atoms with van der Waals surface area (Å²) < 4.78 is 14.4. The Morgan fingerprint density at radius 2 is 2.24 bits per heavy atom. The number of aliphatic hydroxyl groups is 1. The number of aliphatic hydroxyl groups excluding tert-OH is 1. The van der Waals surface area contributed by atoms with Gasteiger partial charge in [0.1, 0.15) is 5.82 Å². The van der Waals surface area contributed by atoms with Crippen molar-refractivity contribution in [3.8, 4) is 0 Å². The molecule has 17 heavy (non-hydrogen) atoms. The van der Waals surface area contributed by atoms with Crippen LogP contribution >= 0.6 is 15.9 Å². The van der Waals surface area contributed by atoms with Gasteiger partial charge in [-0.15, -0.1) is 0 Å². The Balaban J connectivity index is 2.00. The van der Waals surface area contributed by atoms with E-state index in [1.54, 1.807) is 6.07 Å². The Bertz CT molecular complexity index is 394. The maximum Gasteiger partial charge on any atom is 0.127 e. The van der Waals surface area contributed by atoms with E-state index in [9.17, 15) is 9.50 Å². The molecule has 3 heteroatoms. The quantitative estimate of drug-likeness (QED) is 0.897. The number of rotatable bonds is 3. The lowest BCUT2D eigenvalue weighted by Gasteiger charge is -2.18. The van der Waals surface area contributed by atoms with Gasteiger partial charge in [0.05, 0.1) is 6.10 Å². The Morgan fingerprint density at radius 1 is 1.47 bits per heavy atom. The minimum Gasteiger partial charge on any atom is -0.392 e. The van der Waals surface area contributed by atoms with E-state index in [0.717, 1.165) is 17.3 Å². The van der Waals surface area contributed by atoms with Gasteiger partial charge in [-0.1, -0.05) is 35.3 Å². The molecule has 0 amide bonds. The summed E-state index contributed by atoms with van der Waals surface area (Å²) in [7, 11) is 0. The van der Waals surface area contributed by atoms with E-state index < -0.39 is 6.10 Å². The summed E-state index contributed by atoms with van der Waals surface area (Å²) in [6, 6.07) is 5.03. The molecule has 1 aliphatic carbocycles. The standard InChI is InChI=1S/C14H18BrFO/c1-9-2-3-11(6-9)14(17)7-10-4-5-12(15)8-13(10)16/h4-5,8-9,11,14,17H,2-3,6-7H2,1H3. The number of hydrogen-bond acceptors (Lipinski definition) is 1. The molecular weight excluding hydrogens is 283 g/mol. The van der Waals surface area contributed by atoms with Gasteiger partial charge in [-0.25, -0.2) is 4.39 Å². The van der Waals surface area contributed by atoms with Gasteiger partial charge in [0.2, 0.25) is 0 Å². The summed E-state index contributed by atoms with van der Waals surface area (Å²) in [5.41, 5.74) is 0.611. The van der Waals surface area contributed by atoms with Crippen molar-refractivity contribution >= 4 is 15.9 Å². The van der Waals surface area contributed by atoms with Crippen molar-refractivity contribution in [3.63, 3.8) is 0 Å². The van der Waals surface area contributed by atoms with E-state index in [0.29, 0.717) is 23.8 Å². The van der Waals surface area contributed by atoms with Crippen LogP contribution in [0.15, 0.2) is 22.7 Å². The van der Waals surface area contributed by atoms with Crippen LogP contribution in [0.25, 0.3) is 0 Å². The molecule has 1 fully saturated rings. The van der Waals surface area contributed by atoms with Crippen LogP contribution in [0.3, 0.4) is 0 Å². The molecule has 0 heterocycles. The molecular formula is C14H18BrFO. The smallest absolute Gasteiger partial charge is 0.127 e. The van der Waals surface area contributed by atoms with Crippen LogP contribution in [0.5, 0.6) is 0 Å². The van der Waals surface area contributed by atoms with E-state index in [2.05, 4.69) is 22.9 Å². The summed E-state index contributed by atoms with van der Waals surface area (Å²) in [5, 5.41) is 10.1. The van der Waals surface area contributed by atoms with Crippen LogP contribution in [-0.4, -0.2) is 11.2 Å². The Labute approximate surface area is 110 Å². The Morgan fingerprint density at radius 3 is 2.82 bits per heavy atom. The van der Waals surface area contributed by atoms with Gasteiger partial charge in [0, 0.05) is 10.9 Å². The zero-order valence-corrected chi connectivity index (χ0v) is 11.6. The topological polar surface area (TPSA) is 20.2 Å². The predicted molar refractivity (Wildman–Crippen MR) is 70.3 cm³/mol. The zero-order chi connectivity index (χ0) is 12.4. The third-order valence-electron chi connectivity index (χ3n) is 3.72. The molecule has 0 aromatic heterocycles. The molecule has 0 spiro atoms. The van der Waals surface area contributed by atoms with Gasteiger partial charge < -0.3 is 5.11 Å². The van der Waals surface area contributed by atoms with Gasteiger partial charge in [0.25, 0.3) is 0 Å². The van der Waals surface area contributed by atoms with Crippen LogP contribution in [0.4, 0.5) is 4.39 Å². The molecule has 1 aliphatic rings. The third kappa shape index (κ3) is 3.29. The highest BCUT2D eigenvalue weighted by molar-refractivity contribution is 9.10. The van der Waals surface area contributed by atoms with Crippen molar-refractivity contribution in [2.45, 2.75) is 38.7 Å². The Kier molecular flexibility index (Phi) is 4.21. The third-order valence-corrected chi connectivity index (χ3v) is 4.22. The lowest BCUT2D eigenvalue weighted by Crippen LogP contribution is -2.21. The molecule has 1 aromatic rings. The van der Waals surface area contributed by atoms with Gasteiger partial charge in [-0.3, -0.25) is 0 Å². The molecule has 1 nitrogen and oxygen atoms in total. The van der Waals surface area contributed by atoms with Crippen molar-refractivity contribution in [1.29, 1.82) is 0 Å². The summed E-state index contributed by atoms with van der Waals surface area (Å²) in [6.45, 7) is 2.22. The zero-order valence-electron chi connectivity index (χ0n) is 10.00. The predicted octanol–water partition coefficient (Wildman–Crippen LogP) is 3.93. The molecule has 3 atom stereocenters. The van der Waals surface area contributed by atoms with Gasteiger partial charge >= 0.3 is 0 Å². The fraction of sp³-hybridized carbons (Fsp3) is 0.571. The SMILES string of the molecule is CC1CCC(C(O)Cc2ccc(Br)cc2F)C1. The number of benzene rings is 1. The van der Waals surface area contributed by atoms with E-state index in [1.165, 1.54) is 12.5 Å². The molecule has 1 saturated carbocycles. The number of hydrogen-bond donors (Lipinski definition) is 1. The average Bonchev–Trinajstić information content (AvgIpc) is 2.69. The van der Waals surface area contributed by atoms with Crippen LogP contribution in [0.2, 0.25) is 0 Å². The highest BCUT2D eigenvalue weighted by Crippen LogP contribution is 2.33. The fourth-order valence-electron chi connectivity index (χ4n) is 2.68.